The molecule has 3 rings (SSSR count). The van der Waals surface area contributed by atoms with Gasteiger partial charge in [0, 0.05) is 10.4 Å². The van der Waals surface area contributed by atoms with Crippen LogP contribution in [0, 0.1) is 12.7 Å². The Bertz CT molecular complexity index is 846. The highest BCUT2D eigenvalue weighted by molar-refractivity contribution is 7.15. The predicted octanol–water partition coefficient (Wildman–Crippen LogP) is 4.12. The molecular weight excluding hydrogens is 323 g/mol. The standard InChI is InChI=1S/C19H17FN2OS/c1-13-17(24-19(22-13)14-7-3-2-4-8-14)12-21-18(23)11-15-9-5-6-10-16(15)20/h2-10H,11-12H2,1H3,(H,21,23). The van der Waals surface area contributed by atoms with Crippen molar-refractivity contribution in [3.63, 3.8) is 0 Å². The number of hydrogen-bond donors (Lipinski definition) is 1. The van der Waals surface area contributed by atoms with Crippen LogP contribution < -0.4 is 5.32 Å². The minimum Gasteiger partial charge on any atom is -0.351 e. The fraction of sp³-hybridized carbons (Fsp3) is 0.158. The molecular formula is C19H17FN2OS. The molecule has 1 N–H and O–H groups in total. The van der Waals surface area contributed by atoms with E-state index in [4.69, 9.17) is 0 Å². The van der Waals surface area contributed by atoms with Gasteiger partial charge in [0.1, 0.15) is 10.8 Å². The normalized spacial score (nSPS) is 10.6. The van der Waals surface area contributed by atoms with Crippen LogP contribution in [0.25, 0.3) is 10.6 Å². The lowest BCUT2D eigenvalue weighted by Crippen LogP contribution is -2.24. The number of aryl methyl sites for hydroxylation is 1. The van der Waals surface area contributed by atoms with Crippen LogP contribution in [0.1, 0.15) is 16.1 Å². The van der Waals surface area contributed by atoms with Gasteiger partial charge in [0.05, 0.1) is 18.7 Å². The van der Waals surface area contributed by atoms with Crippen LogP contribution in [-0.2, 0) is 17.8 Å². The van der Waals surface area contributed by atoms with Crippen LogP contribution in [0.15, 0.2) is 54.6 Å². The van der Waals surface area contributed by atoms with E-state index in [0.29, 0.717) is 12.1 Å². The van der Waals surface area contributed by atoms with Crippen molar-refractivity contribution in [2.75, 3.05) is 0 Å². The molecule has 0 bridgehead atoms. The zero-order valence-corrected chi connectivity index (χ0v) is 14.1. The minimum atomic E-state index is -0.354. The van der Waals surface area contributed by atoms with Gasteiger partial charge in [0.15, 0.2) is 0 Å². The first-order chi connectivity index (χ1) is 11.6. The topological polar surface area (TPSA) is 42.0 Å². The maximum absolute atomic E-state index is 13.6. The van der Waals surface area contributed by atoms with Crippen LogP contribution in [-0.4, -0.2) is 10.9 Å². The zero-order valence-electron chi connectivity index (χ0n) is 13.3. The van der Waals surface area contributed by atoms with Crippen molar-refractivity contribution in [3.05, 3.63) is 76.5 Å². The van der Waals surface area contributed by atoms with Crippen molar-refractivity contribution < 1.29 is 9.18 Å². The number of halogens is 1. The number of thiazole rings is 1. The number of nitrogens with one attached hydrogen (secondary N) is 1. The summed E-state index contributed by atoms with van der Waals surface area (Å²) in [5.41, 5.74) is 2.38. The van der Waals surface area contributed by atoms with E-state index in [0.717, 1.165) is 21.1 Å². The third kappa shape index (κ3) is 3.86. The second kappa shape index (κ2) is 7.36. The van der Waals surface area contributed by atoms with Crippen molar-refractivity contribution in [3.8, 4) is 10.6 Å². The number of carbonyl (C=O) groups is 1. The molecule has 122 valence electrons. The minimum absolute atomic E-state index is 0.0378. The summed E-state index contributed by atoms with van der Waals surface area (Å²) in [6, 6.07) is 16.3. The Kier molecular flexibility index (Phi) is 5.01. The summed E-state index contributed by atoms with van der Waals surface area (Å²) in [4.78, 5) is 17.6. The molecule has 5 heteroatoms. The van der Waals surface area contributed by atoms with Crippen molar-refractivity contribution in [2.45, 2.75) is 19.9 Å². The molecule has 0 atom stereocenters. The average Bonchev–Trinajstić information content (AvgIpc) is 2.97. The third-order valence-electron chi connectivity index (χ3n) is 3.67. The van der Waals surface area contributed by atoms with E-state index < -0.39 is 0 Å². The van der Waals surface area contributed by atoms with Gasteiger partial charge in [0.2, 0.25) is 5.91 Å². The van der Waals surface area contributed by atoms with Crippen LogP contribution in [0.3, 0.4) is 0 Å². The summed E-state index contributed by atoms with van der Waals surface area (Å²) in [6.45, 7) is 2.34. The van der Waals surface area contributed by atoms with Crippen LogP contribution in [0.2, 0.25) is 0 Å². The number of hydrogen-bond acceptors (Lipinski definition) is 3. The largest absolute Gasteiger partial charge is 0.351 e. The molecule has 0 fully saturated rings. The first-order valence-electron chi connectivity index (χ1n) is 7.65. The molecule has 2 aromatic carbocycles. The van der Waals surface area contributed by atoms with Gasteiger partial charge in [-0.25, -0.2) is 9.37 Å². The fourth-order valence-electron chi connectivity index (χ4n) is 2.35. The van der Waals surface area contributed by atoms with Crippen molar-refractivity contribution in [1.29, 1.82) is 0 Å². The smallest absolute Gasteiger partial charge is 0.224 e. The SMILES string of the molecule is Cc1nc(-c2ccccc2)sc1CNC(=O)Cc1ccccc1F. The molecule has 0 aliphatic carbocycles. The molecule has 1 aromatic heterocycles. The molecule has 3 aromatic rings. The van der Waals surface area contributed by atoms with E-state index in [9.17, 15) is 9.18 Å². The molecule has 0 spiro atoms. The molecule has 3 nitrogen and oxygen atoms in total. The highest BCUT2D eigenvalue weighted by Gasteiger charge is 2.12. The summed E-state index contributed by atoms with van der Waals surface area (Å²) in [5.74, 6) is -0.554. The Morgan fingerprint density at radius 2 is 1.83 bits per heavy atom. The number of amides is 1. The number of carbonyl (C=O) groups excluding carboxylic acids is 1. The maximum atomic E-state index is 13.6. The molecule has 0 aliphatic heterocycles. The molecule has 1 heterocycles. The lowest BCUT2D eigenvalue weighted by Gasteiger charge is -2.05. The molecule has 1 amide bonds. The van der Waals surface area contributed by atoms with E-state index in [1.165, 1.54) is 6.07 Å². The first kappa shape index (κ1) is 16.3. The molecule has 0 saturated carbocycles. The lowest BCUT2D eigenvalue weighted by atomic mass is 10.1. The fourth-order valence-corrected chi connectivity index (χ4v) is 3.36. The lowest BCUT2D eigenvalue weighted by molar-refractivity contribution is -0.120. The Hall–Kier alpha value is -2.53. The van der Waals surface area contributed by atoms with E-state index >= 15 is 0 Å². The van der Waals surface area contributed by atoms with E-state index in [1.807, 2.05) is 37.3 Å². The van der Waals surface area contributed by atoms with Crippen molar-refractivity contribution >= 4 is 17.2 Å². The Morgan fingerprint density at radius 1 is 1.12 bits per heavy atom. The summed E-state index contributed by atoms with van der Waals surface area (Å²) >= 11 is 1.56. The molecule has 0 radical (unpaired) electrons. The van der Waals surface area contributed by atoms with E-state index in [2.05, 4.69) is 10.3 Å². The van der Waals surface area contributed by atoms with Crippen molar-refractivity contribution in [2.24, 2.45) is 0 Å². The van der Waals surface area contributed by atoms with Gasteiger partial charge in [-0.1, -0.05) is 48.5 Å². The van der Waals surface area contributed by atoms with Crippen molar-refractivity contribution in [1.82, 2.24) is 10.3 Å². The van der Waals surface area contributed by atoms with Gasteiger partial charge in [-0.3, -0.25) is 4.79 Å². The summed E-state index contributed by atoms with van der Waals surface area (Å²) < 4.78 is 13.6. The summed E-state index contributed by atoms with van der Waals surface area (Å²) in [7, 11) is 0. The number of benzene rings is 2. The van der Waals surface area contributed by atoms with Gasteiger partial charge in [0.25, 0.3) is 0 Å². The highest BCUT2D eigenvalue weighted by Crippen LogP contribution is 2.27. The van der Waals surface area contributed by atoms with E-state index in [1.54, 1.807) is 29.5 Å². The average molecular weight is 340 g/mol. The van der Waals surface area contributed by atoms with Gasteiger partial charge in [-0.15, -0.1) is 11.3 Å². The Balaban J connectivity index is 1.64. The zero-order chi connectivity index (χ0) is 16.9. The number of rotatable bonds is 5. The van der Waals surface area contributed by atoms with Gasteiger partial charge >= 0.3 is 0 Å². The second-order valence-corrected chi connectivity index (χ2v) is 6.52. The summed E-state index contributed by atoms with van der Waals surface area (Å²) in [5, 5.41) is 3.78. The molecule has 0 saturated heterocycles. The van der Waals surface area contributed by atoms with Crippen LogP contribution in [0.4, 0.5) is 4.39 Å². The van der Waals surface area contributed by atoms with Gasteiger partial charge < -0.3 is 5.32 Å². The highest BCUT2D eigenvalue weighted by atomic mass is 32.1. The molecule has 0 unspecified atom stereocenters. The van der Waals surface area contributed by atoms with E-state index in [-0.39, 0.29) is 18.1 Å². The maximum Gasteiger partial charge on any atom is 0.224 e. The summed E-state index contributed by atoms with van der Waals surface area (Å²) in [6.07, 6.45) is 0.0378. The van der Waals surface area contributed by atoms with Gasteiger partial charge in [-0.05, 0) is 18.6 Å². The Morgan fingerprint density at radius 3 is 2.58 bits per heavy atom. The number of aromatic nitrogens is 1. The third-order valence-corrected chi connectivity index (χ3v) is 4.87. The Labute approximate surface area is 144 Å². The quantitative estimate of drug-likeness (QED) is 0.759. The first-order valence-corrected chi connectivity index (χ1v) is 8.47. The molecule has 24 heavy (non-hydrogen) atoms. The molecule has 0 aliphatic rings. The predicted molar refractivity (Wildman–Crippen MR) is 94.2 cm³/mol. The van der Waals surface area contributed by atoms with Crippen LogP contribution >= 0.6 is 11.3 Å². The second-order valence-electron chi connectivity index (χ2n) is 5.44. The van der Waals surface area contributed by atoms with Gasteiger partial charge in [-0.2, -0.15) is 0 Å². The number of nitrogens with zero attached hydrogens (tertiary/aromatic N) is 1. The van der Waals surface area contributed by atoms with Crippen LogP contribution in [0.5, 0.6) is 0 Å². The monoisotopic (exact) mass is 340 g/mol.